The van der Waals surface area contributed by atoms with Gasteiger partial charge in [0.1, 0.15) is 0 Å². The largest absolute Gasteiger partial charge is 0.335 e. The highest BCUT2D eigenvalue weighted by Crippen LogP contribution is 2.35. The van der Waals surface area contributed by atoms with E-state index in [9.17, 15) is 4.79 Å². The summed E-state index contributed by atoms with van der Waals surface area (Å²) in [5, 5.41) is 5.33. The third kappa shape index (κ3) is 3.34. The lowest BCUT2D eigenvalue weighted by Crippen LogP contribution is -2.50. The van der Waals surface area contributed by atoms with Gasteiger partial charge in [-0.3, -0.25) is 0 Å². The van der Waals surface area contributed by atoms with E-state index in [2.05, 4.69) is 67.9 Å². The number of hydrogen-bond acceptors (Lipinski definition) is 2. The monoisotopic (exact) mass is 342 g/mol. The SMILES string of the molecule is CC(NC(=O)N1CCCC1c1cccs1)C(C)(C)c1ccccc1. The van der Waals surface area contributed by atoms with Crippen molar-refractivity contribution in [2.45, 2.75) is 51.1 Å². The number of carbonyl (C=O) groups excluding carboxylic acids is 1. The summed E-state index contributed by atoms with van der Waals surface area (Å²) in [7, 11) is 0. The normalized spacial score (nSPS) is 19.3. The van der Waals surface area contributed by atoms with Gasteiger partial charge in [0.2, 0.25) is 0 Å². The molecule has 1 fully saturated rings. The first-order chi connectivity index (χ1) is 11.5. The van der Waals surface area contributed by atoms with Crippen molar-refractivity contribution >= 4 is 17.4 Å². The fourth-order valence-electron chi connectivity index (χ4n) is 3.35. The zero-order valence-electron chi connectivity index (χ0n) is 14.7. The van der Waals surface area contributed by atoms with E-state index in [0.717, 1.165) is 19.4 Å². The summed E-state index contributed by atoms with van der Waals surface area (Å²) < 4.78 is 0. The highest BCUT2D eigenvalue weighted by atomic mass is 32.1. The predicted octanol–water partition coefficient (Wildman–Crippen LogP) is 4.96. The maximum Gasteiger partial charge on any atom is 0.318 e. The van der Waals surface area contributed by atoms with Crippen molar-refractivity contribution in [3.05, 3.63) is 58.3 Å². The number of rotatable bonds is 4. The zero-order chi connectivity index (χ0) is 17.2. The van der Waals surface area contributed by atoms with Crippen LogP contribution in [0.25, 0.3) is 0 Å². The van der Waals surface area contributed by atoms with Crippen LogP contribution in [-0.2, 0) is 5.41 Å². The second-order valence-electron chi connectivity index (χ2n) is 7.13. The average Bonchev–Trinajstić information content (AvgIpc) is 3.26. The zero-order valence-corrected chi connectivity index (χ0v) is 15.5. The van der Waals surface area contributed by atoms with Gasteiger partial charge in [0, 0.05) is 22.9 Å². The van der Waals surface area contributed by atoms with Gasteiger partial charge < -0.3 is 10.2 Å². The Hall–Kier alpha value is -1.81. The second-order valence-corrected chi connectivity index (χ2v) is 8.11. The Labute approximate surface area is 148 Å². The first-order valence-corrected chi connectivity index (χ1v) is 9.54. The van der Waals surface area contributed by atoms with E-state index in [4.69, 9.17) is 0 Å². The maximum atomic E-state index is 12.9. The molecule has 1 aliphatic heterocycles. The number of nitrogens with one attached hydrogen (secondary N) is 1. The number of urea groups is 1. The number of carbonyl (C=O) groups is 1. The Morgan fingerprint density at radius 2 is 2.00 bits per heavy atom. The molecule has 0 aliphatic carbocycles. The minimum Gasteiger partial charge on any atom is -0.335 e. The van der Waals surface area contributed by atoms with Gasteiger partial charge in [-0.1, -0.05) is 50.2 Å². The molecule has 1 aromatic carbocycles. The molecule has 24 heavy (non-hydrogen) atoms. The van der Waals surface area contributed by atoms with Crippen LogP contribution in [0.1, 0.15) is 50.1 Å². The van der Waals surface area contributed by atoms with E-state index in [-0.39, 0.29) is 23.5 Å². The van der Waals surface area contributed by atoms with E-state index in [1.165, 1.54) is 10.4 Å². The summed E-state index contributed by atoms with van der Waals surface area (Å²) >= 11 is 1.74. The fraction of sp³-hybridized carbons (Fsp3) is 0.450. The van der Waals surface area contributed by atoms with Crippen LogP contribution >= 0.6 is 11.3 Å². The minimum atomic E-state index is -0.116. The van der Waals surface area contributed by atoms with E-state index in [0.29, 0.717) is 0 Å². The van der Waals surface area contributed by atoms with Crippen LogP contribution in [0.4, 0.5) is 4.79 Å². The Bertz CT molecular complexity index is 666. The van der Waals surface area contributed by atoms with Crippen molar-refractivity contribution in [1.82, 2.24) is 10.2 Å². The van der Waals surface area contributed by atoms with Crippen molar-refractivity contribution in [1.29, 1.82) is 0 Å². The van der Waals surface area contributed by atoms with Gasteiger partial charge in [-0.05, 0) is 36.8 Å². The molecule has 4 heteroatoms. The molecule has 0 spiro atoms. The molecule has 3 nitrogen and oxygen atoms in total. The van der Waals surface area contributed by atoms with Gasteiger partial charge in [0.05, 0.1) is 6.04 Å². The number of hydrogen-bond donors (Lipinski definition) is 1. The summed E-state index contributed by atoms with van der Waals surface area (Å²) in [4.78, 5) is 16.2. The van der Waals surface area contributed by atoms with Gasteiger partial charge in [-0.15, -0.1) is 11.3 Å². The Balaban J connectivity index is 1.70. The molecule has 1 aromatic heterocycles. The smallest absolute Gasteiger partial charge is 0.318 e. The lowest BCUT2D eigenvalue weighted by molar-refractivity contribution is 0.184. The molecular formula is C20H26N2OS. The lowest BCUT2D eigenvalue weighted by atomic mass is 9.78. The molecule has 1 aliphatic rings. The lowest BCUT2D eigenvalue weighted by Gasteiger charge is -2.35. The molecule has 2 atom stereocenters. The van der Waals surface area contributed by atoms with Crippen LogP contribution in [-0.4, -0.2) is 23.5 Å². The molecular weight excluding hydrogens is 316 g/mol. The van der Waals surface area contributed by atoms with E-state index >= 15 is 0 Å². The number of amides is 2. The van der Waals surface area contributed by atoms with Crippen LogP contribution in [0.15, 0.2) is 47.8 Å². The first kappa shape index (κ1) is 17.0. The summed E-state index contributed by atoms with van der Waals surface area (Å²) in [6, 6.07) is 14.9. The molecule has 2 amide bonds. The topological polar surface area (TPSA) is 32.3 Å². The Morgan fingerprint density at radius 1 is 1.25 bits per heavy atom. The van der Waals surface area contributed by atoms with Crippen molar-refractivity contribution in [2.75, 3.05) is 6.54 Å². The van der Waals surface area contributed by atoms with E-state index in [1.54, 1.807) is 11.3 Å². The van der Waals surface area contributed by atoms with Gasteiger partial charge in [-0.25, -0.2) is 4.79 Å². The number of thiophene rings is 1. The molecule has 2 aromatic rings. The highest BCUT2D eigenvalue weighted by Gasteiger charge is 2.34. The number of nitrogens with zero attached hydrogens (tertiary/aromatic N) is 1. The second kappa shape index (κ2) is 6.98. The third-order valence-electron chi connectivity index (χ3n) is 5.33. The van der Waals surface area contributed by atoms with E-state index < -0.39 is 0 Å². The maximum absolute atomic E-state index is 12.9. The van der Waals surface area contributed by atoms with Gasteiger partial charge >= 0.3 is 6.03 Å². The van der Waals surface area contributed by atoms with Gasteiger partial charge in [0.15, 0.2) is 0 Å². The highest BCUT2D eigenvalue weighted by molar-refractivity contribution is 7.10. The van der Waals surface area contributed by atoms with Crippen molar-refractivity contribution in [2.24, 2.45) is 0 Å². The molecule has 3 rings (SSSR count). The van der Waals surface area contributed by atoms with Crippen LogP contribution in [0.5, 0.6) is 0 Å². The quantitative estimate of drug-likeness (QED) is 0.837. The summed E-state index contributed by atoms with van der Waals surface area (Å²) in [5.74, 6) is 0. The third-order valence-corrected chi connectivity index (χ3v) is 6.30. The van der Waals surface area contributed by atoms with Crippen LogP contribution in [0.2, 0.25) is 0 Å². The summed E-state index contributed by atoms with van der Waals surface area (Å²) in [6.45, 7) is 7.32. The molecule has 0 bridgehead atoms. The van der Waals surface area contributed by atoms with Crippen molar-refractivity contribution < 1.29 is 4.79 Å². The number of benzene rings is 1. The summed E-state index contributed by atoms with van der Waals surface area (Å²) in [5.41, 5.74) is 1.13. The number of likely N-dealkylation sites (tertiary alicyclic amines) is 1. The minimum absolute atomic E-state index is 0.0528. The molecule has 128 valence electrons. The molecule has 2 heterocycles. The molecule has 1 N–H and O–H groups in total. The molecule has 0 saturated carbocycles. The van der Waals surface area contributed by atoms with Gasteiger partial charge in [-0.2, -0.15) is 0 Å². The predicted molar refractivity (Wildman–Crippen MR) is 100 cm³/mol. The van der Waals surface area contributed by atoms with Gasteiger partial charge in [0.25, 0.3) is 0 Å². The molecule has 1 saturated heterocycles. The molecule has 0 radical (unpaired) electrons. The van der Waals surface area contributed by atoms with Crippen molar-refractivity contribution in [3.63, 3.8) is 0 Å². The van der Waals surface area contributed by atoms with Crippen LogP contribution in [0.3, 0.4) is 0 Å². The standard InChI is InChI=1S/C20H26N2OS/c1-15(20(2,3)16-9-5-4-6-10-16)21-19(23)22-13-7-11-17(22)18-12-8-14-24-18/h4-6,8-10,12,14-15,17H,7,11,13H2,1-3H3,(H,21,23). The van der Waals surface area contributed by atoms with E-state index in [1.807, 2.05) is 11.0 Å². The average molecular weight is 343 g/mol. The van der Waals surface area contributed by atoms with Crippen LogP contribution < -0.4 is 5.32 Å². The molecule has 2 unspecified atom stereocenters. The Kier molecular flexibility index (Phi) is 4.95. The first-order valence-electron chi connectivity index (χ1n) is 8.66. The Morgan fingerprint density at radius 3 is 2.67 bits per heavy atom. The summed E-state index contributed by atoms with van der Waals surface area (Å²) in [6.07, 6.45) is 2.14. The fourth-order valence-corrected chi connectivity index (χ4v) is 4.23. The van der Waals surface area contributed by atoms with Crippen LogP contribution in [0, 0.1) is 0 Å². The van der Waals surface area contributed by atoms with Crippen molar-refractivity contribution in [3.8, 4) is 0 Å².